The number of anilines is 3. The van der Waals surface area contributed by atoms with Gasteiger partial charge >= 0.3 is 0 Å². The third kappa shape index (κ3) is 4.82. The van der Waals surface area contributed by atoms with Crippen LogP contribution in [0.3, 0.4) is 0 Å². The first-order chi connectivity index (χ1) is 25.3. The number of benzene rings is 8. The fourth-order valence-electron chi connectivity index (χ4n) is 7.79. The van der Waals surface area contributed by atoms with E-state index in [0.29, 0.717) is 0 Å². The van der Waals surface area contributed by atoms with Crippen molar-refractivity contribution in [2.24, 2.45) is 0 Å². The van der Waals surface area contributed by atoms with Gasteiger partial charge < -0.3 is 14.0 Å². The van der Waals surface area contributed by atoms with Gasteiger partial charge in [0.2, 0.25) is 0 Å². The number of nitrogens with zero attached hydrogens (tertiary/aromatic N) is 3. The lowest BCUT2D eigenvalue weighted by molar-refractivity contribution is 1.17. The van der Waals surface area contributed by atoms with Gasteiger partial charge in [-0.2, -0.15) is 0 Å². The van der Waals surface area contributed by atoms with Crippen LogP contribution in [0.2, 0.25) is 0 Å². The molecule has 0 saturated heterocycles. The highest BCUT2D eigenvalue weighted by Gasteiger charge is 2.18. The summed E-state index contributed by atoms with van der Waals surface area (Å²) in [6.07, 6.45) is 0. The lowest BCUT2D eigenvalue weighted by Gasteiger charge is -2.26. The molecule has 0 amide bonds. The van der Waals surface area contributed by atoms with Crippen LogP contribution in [0.15, 0.2) is 200 Å². The van der Waals surface area contributed by atoms with E-state index in [-0.39, 0.29) is 0 Å². The minimum absolute atomic E-state index is 1.10. The Morgan fingerprint density at radius 2 is 0.667 bits per heavy atom. The first-order valence-electron chi connectivity index (χ1n) is 17.4. The summed E-state index contributed by atoms with van der Waals surface area (Å²) in [7, 11) is 0. The molecule has 240 valence electrons. The maximum Gasteiger partial charge on any atom is 0.0561 e. The summed E-state index contributed by atoms with van der Waals surface area (Å²) >= 11 is 0. The maximum absolute atomic E-state index is 2.40. The van der Waals surface area contributed by atoms with Crippen LogP contribution in [0.5, 0.6) is 0 Å². The molecule has 0 spiro atoms. The predicted molar refractivity (Wildman–Crippen MR) is 215 cm³/mol. The first-order valence-corrected chi connectivity index (χ1v) is 17.4. The molecule has 2 heterocycles. The molecule has 0 bridgehead atoms. The molecular weight excluding hydrogens is 619 g/mol. The highest BCUT2D eigenvalue weighted by molar-refractivity contribution is 6.11. The van der Waals surface area contributed by atoms with Crippen LogP contribution in [0.25, 0.3) is 66.1 Å². The van der Waals surface area contributed by atoms with Gasteiger partial charge in [0.1, 0.15) is 0 Å². The molecule has 0 aliphatic carbocycles. The quantitative estimate of drug-likeness (QED) is 0.174. The van der Waals surface area contributed by atoms with Crippen molar-refractivity contribution in [3.63, 3.8) is 0 Å². The average Bonchev–Trinajstić information content (AvgIpc) is 3.72. The second kappa shape index (κ2) is 11.9. The Kier molecular flexibility index (Phi) is 6.81. The van der Waals surface area contributed by atoms with Crippen LogP contribution in [-0.2, 0) is 0 Å². The standard InChI is InChI=1S/C48H33N3/c1-3-13-34(14-4-1)35-23-25-38(26-24-35)51-47-22-12-9-19-43(47)44-32-31-40(33-48(44)51)49(36-15-5-2-6-16-36)37-27-29-39(30-28-37)50-45-20-10-7-17-41(45)42-18-8-11-21-46(42)50/h1-33H. The van der Waals surface area contributed by atoms with E-state index in [4.69, 9.17) is 0 Å². The summed E-state index contributed by atoms with van der Waals surface area (Å²) in [5.74, 6) is 0. The van der Waals surface area contributed by atoms with E-state index in [2.05, 4.69) is 214 Å². The van der Waals surface area contributed by atoms with Crippen LogP contribution in [0.1, 0.15) is 0 Å². The Morgan fingerprint density at radius 1 is 0.275 bits per heavy atom. The average molecular weight is 652 g/mol. The molecule has 0 N–H and O–H groups in total. The van der Waals surface area contributed by atoms with Gasteiger partial charge in [0.05, 0.1) is 22.1 Å². The fraction of sp³-hybridized carbons (Fsp3) is 0. The number of aromatic nitrogens is 2. The lowest BCUT2D eigenvalue weighted by Crippen LogP contribution is -2.10. The molecule has 0 radical (unpaired) electrons. The molecule has 0 aliphatic rings. The van der Waals surface area contributed by atoms with Crippen molar-refractivity contribution in [2.45, 2.75) is 0 Å². The minimum atomic E-state index is 1.10. The molecule has 0 fully saturated rings. The van der Waals surface area contributed by atoms with Crippen molar-refractivity contribution in [1.82, 2.24) is 9.13 Å². The van der Waals surface area contributed by atoms with Crippen LogP contribution < -0.4 is 4.90 Å². The Labute approximate surface area is 296 Å². The van der Waals surface area contributed by atoms with E-state index in [1.165, 1.54) is 54.7 Å². The van der Waals surface area contributed by atoms with E-state index in [1.807, 2.05) is 0 Å². The lowest BCUT2D eigenvalue weighted by atomic mass is 10.1. The van der Waals surface area contributed by atoms with Gasteiger partial charge in [0.25, 0.3) is 0 Å². The molecule has 3 nitrogen and oxygen atoms in total. The molecule has 10 aromatic rings. The van der Waals surface area contributed by atoms with Gasteiger partial charge in [-0.05, 0) is 90.0 Å². The zero-order chi connectivity index (χ0) is 33.7. The van der Waals surface area contributed by atoms with Crippen molar-refractivity contribution in [3.05, 3.63) is 200 Å². The molecule has 3 heteroatoms. The Bertz CT molecular complexity index is 2770. The van der Waals surface area contributed by atoms with Gasteiger partial charge in [-0.25, -0.2) is 0 Å². The predicted octanol–water partition coefficient (Wildman–Crippen LogP) is 13.0. The van der Waals surface area contributed by atoms with Crippen molar-refractivity contribution in [1.29, 1.82) is 0 Å². The second-order valence-corrected chi connectivity index (χ2v) is 13.0. The third-order valence-electron chi connectivity index (χ3n) is 10.1. The summed E-state index contributed by atoms with van der Waals surface area (Å²) in [6, 6.07) is 72.1. The third-order valence-corrected chi connectivity index (χ3v) is 10.1. The summed E-state index contributed by atoms with van der Waals surface area (Å²) in [5.41, 5.74) is 12.8. The fourth-order valence-corrected chi connectivity index (χ4v) is 7.79. The van der Waals surface area contributed by atoms with Crippen LogP contribution in [-0.4, -0.2) is 9.13 Å². The van der Waals surface area contributed by atoms with E-state index in [1.54, 1.807) is 0 Å². The highest BCUT2D eigenvalue weighted by atomic mass is 15.1. The molecule has 2 aromatic heterocycles. The van der Waals surface area contributed by atoms with Crippen LogP contribution in [0.4, 0.5) is 17.1 Å². The van der Waals surface area contributed by atoms with Gasteiger partial charge in [0.15, 0.2) is 0 Å². The van der Waals surface area contributed by atoms with Crippen molar-refractivity contribution < 1.29 is 0 Å². The van der Waals surface area contributed by atoms with E-state index < -0.39 is 0 Å². The second-order valence-electron chi connectivity index (χ2n) is 13.0. The zero-order valence-corrected chi connectivity index (χ0v) is 27.9. The Morgan fingerprint density at radius 3 is 1.24 bits per heavy atom. The van der Waals surface area contributed by atoms with E-state index in [9.17, 15) is 0 Å². The number of rotatable bonds is 6. The number of fused-ring (bicyclic) bond motifs is 6. The highest BCUT2D eigenvalue weighted by Crippen LogP contribution is 2.40. The monoisotopic (exact) mass is 651 g/mol. The largest absolute Gasteiger partial charge is 0.310 e. The summed E-state index contributed by atoms with van der Waals surface area (Å²) in [6.45, 7) is 0. The summed E-state index contributed by atoms with van der Waals surface area (Å²) in [4.78, 5) is 2.36. The molecule has 10 rings (SSSR count). The molecule has 0 saturated carbocycles. The SMILES string of the molecule is c1ccc(-c2ccc(-n3c4ccccc4c4ccc(N(c5ccccc5)c5ccc(-n6c7ccccc7c7ccccc76)cc5)cc43)cc2)cc1. The molecular formula is C48H33N3. The molecule has 51 heavy (non-hydrogen) atoms. The van der Waals surface area contributed by atoms with Crippen LogP contribution in [0, 0.1) is 0 Å². The topological polar surface area (TPSA) is 13.1 Å². The van der Waals surface area contributed by atoms with Gasteiger partial charge in [-0.3, -0.25) is 0 Å². The molecule has 0 unspecified atom stereocenters. The molecule has 0 atom stereocenters. The normalized spacial score (nSPS) is 11.5. The van der Waals surface area contributed by atoms with Gasteiger partial charge in [0, 0.05) is 50.0 Å². The summed E-state index contributed by atoms with van der Waals surface area (Å²) in [5, 5.41) is 5.01. The number of hydrogen-bond donors (Lipinski definition) is 0. The van der Waals surface area contributed by atoms with Crippen molar-refractivity contribution in [3.8, 4) is 22.5 Å². The van der Waals surface area contributed by atoms with Crippen LogP contribution >= 0.6 is 0 Å². The smallest absolute Gasteiger partial charge is 0.0561 e. The first kappa shape index (κ1) is 29.1. The zero-order valence-electron chi connectivity index (χ0n) is 27.9. The Balaban J connectivity index is 1.12. The summed E-state index contributed by atoms with van der Waals surface area (Å²) < 4.78 is 4.77. The minimum Gasteiger partial charge on any atom is -0.310 e. The number of para-hydroxylation sites is 4. The van der Waals surface area contributed by atoms with E-state index >= 15 is 0 Å². The Hall–Kier alpha value is -6.84. The molecule has 0 aliphatic heterocycles. The van der Waals surface area contributed by atoms with Gasteiger partial charge in [-0.1, -0.05) is 121 Å². The van der Waals surface area contributed by atoms with Gasteiger partial charge in [-0.15, -0.1) is 0 Å². The van der Waals surface area contributed by atoms with Crippen molar-refractivity contribution in [2.75, 3.05) is 4.90 Å². The molecule has 8 aromatic carbocycles. The number of hydrogen-bond acceptors (Lipinski definition) is 1. The van der Waals surface area contributed by atoms with Crippen molar-refractivity contribution >= 4 is 60.7 Å². The maximum atomic E-state index is 2.40. The van der Waals surface area contributed by atoms with E-state index in [0.717, 1.165) is 28.4 Å².